The Balaban J connectivity index is 1.69. The van der Waals surface area contributed by atoms with Gasteiger partial charge in [-0.15, -0.1) is 0 Å². The molecule has 2 fully saturated rings. The van der Waals surface area contributed by atoms with Gasteiger partial charge in [-0.3, -0.25) is 4.79 Å². The average molecular weight is 322 g/mol. The van der Waals surface area contributed by atoms with Crippen molar-refractivity contribution >= 4 is 5.97 Å². The molecule has 0 bridgehead atoms. The first-order valence-corrected chi connectivity index (χ1v) is 7.72. The zero-order valence-corrected chi connectivity index (χ0v) is 13.6. The summed E-state index contributed by atoms with van der Waals surface area (Å²) in [6.07, 6.45) is -1.61. The normalized spacial score (nSPS) is 31.8. The molecular weight excluding hydrogens is 300 g/mol. The van der Waals surface area contributed by atoms with E-state index in [9.17, 15) is 4.79 Å². The molecule has 2 aliphatic rings. The van der Waals surface area contributed by atoms with Crippen LogP contribution in [0.1, 0.15) is 25.8 Å². The highest BCUT2D eigenvalue weighted by Gasteiger charge is 2.55. The third kappa shape index (κ3) is 3.72. The lowest BCUT2D eigenvalue weighted by molar-refractivity contribution is -0.220. The maximum absolute atomic E-state index is 11.6. The van der Waals surface area contributed by atoms with E-state index >= 15 is 0 Å². The predicted molar refractivity (Wildman–Crippen MR) is 80.4 cm³/mol. The largest absolute Gasteiger partial charge is 0.469 e. The summed E-state index contributed by atoms with van der Waals surface area (Å²) >= 11 is 0. The topological polar surface area (TPSA) is 63.2 Å². The SMILES string of the molecule is COC(=O)C[C@H]1O[C@@H]2OC(C)(C)O[C@@H]2[C@H]1OCc1ccccc1. The van der Waals surface area contributed by atoms with Crippen molar-refractivity contribution in [1.82, 2.24) is 0 Å². The van der Waals surface area contributed by atoms with Gasteiger partial charge in [0.1, 0.15) is 18.3 Å². The Kier molecular flexibility index (Phi) is 4.68. The molecule has 0 amide bonds. The van der Waals surface area contributed by atoms with Crippen molar-refractivity contribution < 1.29 is 28.5 Å². The second kappa shape index (κ2) is 6.57. The van der Waals surface area contributed by atoms with Crippen molar-refractivity contribution in [3.8, 4) is 0 Å². The van der Waals surface area contributed by atoms with E-state index in [1.165, 1.54) is 7.11 Å². The minimum Gasteiger partial charge on any atom is -0.469 e. The van der Waals surface area contributed by atoms with E-state index in [1.54, 1.807) is 0 Å². The van der Waals surface area contributed by atoms with Gasteiger partial charge >= 0.3 is 5.97 Å². The lowest BCUT2D eigenvalue weighted by atomic mass is 10.1. The highest BCUT2D eigenvalue weighted by atomic mass is 16.8. The van der Waals surface area contributed by atoms with Crippen LogP contribution in [-0.2, 0) is 35.1 Å². The summed E-state index contributed by atoms with van der Waals surface area (Å²) < 4.78 is 28.2. The lowest BCUT2D eigenvalue weighted by Gasteiger charge is -2.25. The quantitative estimate of drug-likeness (QED) is 0.773. The highest BCUT2D eigenvalue weighted by molar-refractivity contribution is 5.69. The van der Waals surface area contributed by atoms with E-state index < -0.39 is 18.2 Å². The average Bonchev–Trinajstić information content (AvgIpc) is 2.97. The van der Waals surface area contributed by atoms with E-state index in [2.05, 4.69) is 0 Å². The number of hydrogen-bond donors (Lipinski definition) is 0. The first-order chi connectivity index (χ1) is 11.0. The Hall–Kier alpha value is -1.47. The van der Waals surface area contributed by atoms with Crippen LogP contribution in [0.25, 0.3) is 0 Å². The van der Waals surface area contributed by atoms with E-state index in [4.69, 9.17) is 23.7 Å². The van der Waals surface area contributed by atoms with Crippen LogP contribution in [-0.4, -0.2) is 43.5 Å². The molecule has 0 aliphatic carbocycles. The van der Waals surface area contributed by atoms with E-state index in [0.29, 0.717) is 6.61 Å². The molecule has 0 N–H and O–H groups in total. The maximum atomic E-state index is 11.6. The highest BCUT2D eigenvalue weighted by Crippen LogP contribution is 2.39. The van der Waals surface area contributed by atoms with Crippen LogP contribution >= 0.6 is 0 Å². The molecule has 0 radical (unpaired) electrons. The fourth-order valence-electron chi connectivity index (χ4n) is 2.93. The number of esters is 1. The van der Waals surface area contributed by atoms with Crippen LogP contribution in [0, 0.1) is 0 Å². The Morgan fingerprint density at radius 2 is 1.96 bits per heavy atom. The summed E-state index contributed by atoms with van der Waals surface area (Å²) in [6, 6.07) is 9.83. The molecule has 6 nitrogen and oxygen atoms in total. The van der Waals surface area contributed by atoms with Gasteiger partial charge in [0, 0.05) is 0 Å². The van der Waals surface area contributed by atoms with E-state index in [0.717, 1.165) is 5.56 Å². The van der Waals surface area contributed by atoms with Crippen molar-refractivity contribution in [3.05, 3.63) is 35.9 Å². The fraction of sp³-hybridized carbons (Fsp3) is 0.588. The molecule has 6 heteroatoms. The third-order valence-electron chi connectivity index (χ3n) is 3.97. The monoisotopic (exact) mass is 322 g/mol. The van der Waals surface area contributed by atoms with E-state index in [1.807, 2.05) is 44.2 Å². The molecule has 0 saturated carbocycles. The van der Waals surface area contributed by atoms with Crippen LogP contribution in [0.2, 0.25) is 0 Å². The number of benzene rings is 1. The van der Waals surface area contributed by atoms with Gasteiger partial charge in [0.05, 0.1) is 20.1 Å². The summed E-state index contributed by atoms with van der Waals surface area (Å²) in [5, 5.41) is 0. The van der Waals surface area contributed by atoms with Crippen molar-refractivity contribution in [2.24, 2.45) is 0 Å². The van der Waals surface area contributed by atoms with Gasteiger partial charge in [-0.05, 0) is 19.4 Å². The van der Waals surface area contributed by atoms with Crippen LogP contribution in [0.5, 0.6) is 0 Å². The number of carbonyl (C=O) groups is 1. The zero-order valence-electron chi connectivity index (χ0n) is 13.6. The molecule has 126 valence electrons. The van der Waals surface area contributed by atoms with Crippen molar-refractivity contribution in [3.63, 3.8) is 0 Å². The molecule has 4 atom stereocenters. The van der Waals surface area contributed by atoms with Gasteiger partial charge < -0.3 is 23.7 Å². The number of ether oxygens (including phenoxy) is 5. The van der Waals surface area contributed by atoms with Crippen molar-refractivity contribution in [1.29, 1.82) is 0 Å². The Labute approximate surface area is 135 Å². The minimum absolute atomic E-state index is 0.107. The van der Waals surface area contributed by atoms with Crippen molar-refractivity contribution in [2.75, 3.05) is 7.11 Å². The van der Waals surface area contributed by atoms with Crippen LogP contribution in [0.4, 0.5) is 0 Å². The minimum atomic E-state index is -0.722. The van der Waals surface area contributed by atoms with E-state index in [-0.39, 0.29) is 24.6 Å². The number of hydrogen-bond acceptors (Lipinski definition) is 6. The summed E-state index contributed by atoms with van der Waals surface area (Å²) in [4.78, 5) is 11.6. The molecule has 0 spiro atoms. The van der Waals surface area contributed by atoms with Crippen LogP contribution in [0.3, 0.4) is 0 Å². The molecule has 1 aromatic carbocycles. The molecule has 23 heavy (non-hydrogen) atoms. The smallest absolute Gasteiger partial charge is 0.308 e. The number of rotatable bonds is 5. The summed E-state index contributed by atoms with van der Waals surface area (Å²) in [5.41, 5.74) is 1.05. The molecule has 2 saturated heterocycles. The number of methoxy groups -OCH3 is 1. The Morgan fingerprint density at radius 1 is 1.22 bits per heavy atom. The molecule has 0 unspecified atom stereocenters. The standard InChI is InChI=1S/C17H22O6/c1-17(2)22-15-14(20-10-11-7-5-4-6-8-11)12(9-13(18)19-3)21-16(15)23-17/h4-8,12,14-16H,9-10H2,1-3H3/t12-,14+,15-,16-/m1/s1. The lowest BCUT2D eigenvalue weighted by Crippen LogP contribution is -2.37. The fourth-order valence-corrected chi connectivity index (χ4v) is 2.93. The second-order valence-corrected chi connectivity index (χ2v) is 6.18. The molecule has 2 aliphatic heterocycles. The van der Waals surface area contributed by atoms with Gasteiger partial charge in [-0.25, -0.2) is 0 Å². The maximum Gasteiger partial charge on any atom is 0.308 e. The third-order valence-corrected chi connectivity index (χ3v) is 3.97. The molecule has 3 rings (SSSR count). The van der Waals surface area contributed by atoms with Crippen molar-refractivity contribution in [2.45, 2.75) is 57.3 Å². The molecule has 0 aromatic heterocycles. The van der Waals surface area contributed by atoms with Crippen LogP contribution in [0.15, 0.2) is 30.3 Å². The Morgan fingerprint density at radius 3 is 2.65 bits per heavy atom. The van der Waals surface area contributed by atoms with Gasteiger partial charge in [-0.1, -0.05) is 30.3 Å². The molecule has 2 heterocycles. The summed E-state index contributed by atoms with van der Waals surface area (Å²) in [6.45, 7) is 4.08. The van der Waals surface area contributed by atoms with Gasteiger partial charge in [0.2, 0.25) is 0 Å². The number of fused-ring (bicyclic) bond motifs is 1. The predicted octanol–water partition coefficient (Wildman–Crippen LogP) is 2.01. The second-order valence-electron chi connectivity index (χ2n) is 6.18. The van der Waals surface area contributed by atoms with Gasteiger partial charge in [-0.2, -0.15) is 0 Å². The number of carbonyl (C=O) groups excluding carboxylic acids is 1. The van der Waals surface area contributed by atoms with Gasteiger partial charge in [0.15, 0.2) is 12.1 Å². The first-order valence-electron chi connectivity index (χ1n) is 7.72. The van der Waals surface area contributed by atoms with Crippen LogP contribution < -0.4 is 0 Å². The summed E-state index contributed by atoms with van der Waals surface area (Å²) in [7, 11) is 1.36. The summed E-state index contributed by atoms with van der Waals surface area (Å²) in [5.74, 6) is -1.07. The molecule has 1 aromatic rings. The first kappa shape index (κ1) is 16.4. The zero-order chi connectivity index (χ0) is 16.4. The molecular formula is C17H22O6. The van der Waals surface area contributed by atoms with Gasteiger partial charge in [0.25, 0.3) is 0 Å². The Bertz CT molecular complexity index is 543.